The molecule has 0 aliphatic heterocycles. The average Bonchev–Trinajstić information content (AvgIpc) is 3.48. The second-order valence-corrected chi connectivity index (χ2v) is 9.71. The summed E-state index contributed by atoms with van der Waals surface area (Å²) in [5, 5.41) is 0. The fourth-order valence-corrected chi connectivity index (χ4v) is 5.23. The van der Waals surface area contributed by atoms with Gasteiger partial charge in [-0.05, 0) is 36.4 Å². The van der Waals surface area contributed by atoms with Crippen LogP contribution in [0.25, 0.3) is 44.8 Å². The molecule has 160 valence electrons. The van der Waals surface area contributed by atoms with Crippen LogP contribution in [0.1, 0.15) is 0 Å². The van der Waals surface area contributed by atoms with Crippen molar-refractivity contribution in [3.8, 4) is 22.8 Å². The zero-order valence-corrected chi connectivity index (χ0v) is 18.2. The maximum Gasteiger partial charge on any atom is 0.206 e. The average molecular weight is 451 g/mol. The number of sulfone groups is 1. The lowest BCUT2D eigenvalue weighted by atomic mass is 10.2. The molecular weight excluding hydrogens is 432 g/mol. The number of imidazole rings is 2. The molecule has 0 fully saturated rings. The number of aromatic nitrogens is 4. The first-order chi connectivity index (χ1) is 16.1. The highest BCUT2D eigenvalue weighted by molar-refractivity contribution is 7.91. The highest BCUT2D eigenvalue weighted by atomic mass is 32.2. The first-order valence-electron chi connectivity index (χ1n) is 10.4. The van der Waals surface area contributed by atoms with Gasteiger partial charge in [-0.2, -0.15) is 0 Å². The minimum Gasteiger partial charge on any atom is -0.338 e. The molecule has 2 heterocycles. The molecule has 0 saturated heterocycles. The molecule has 0 amide bonds. The largest absolute Gasteiger partial charge is 0.338 e. The summed E-state index contributed by atoms with van der Waals surface area (Å²) in [6, 6.07) is 29.4. The van der Waals surface area contributed by atoms with E-state index in [0.717, 1.165) is 11.1 Å². The van der Waals surface area contributed by atoms with Crippen molar-refractivity contribution in [2.45, 2.75) is 9.79 Å². The van der Waals surface area contributed by atoms with Gasteiger partial charge in [0.2, 0.25) is 9.84 Å². The number of nitrogens with zero attached hydrogens (tertiary/aromatic N) is 2. The summed E-state index contributed by atoms with van der Waals surface area (Å²) < 4.78 is 26.8. The summed E-state index contributed by atoms with van der Waals surface area (Å²) in [7, 11) is -3.73. The molecule has 2 N–H and O–H groups in total. The van der Waals surface area contributed by atoms with Crippen molar-refractivity contribution in [1.82, 2.24) is 19.9 Å². The second kappa shape index (κ2) is 7.43. The minimum atomic E-state index is -3.73. The third kappa shape index (κ3) is 3.39. The molecule has 0 atom stereocenters. The van der Waals surface area contributed by atoms with Crippen LogP contribution in [-0.4, -0.2) is 28.4 Å². The topological polar surface area (TPSA) is 91.5 Å². The molecule has 33 heavy (non-hydrogen) atoms. The number of nitrogens with one attached hydrogen (secondary N) is 2. The lowest BCUT2D eigenvalue weighted by Crippen LogP contribution is -2.01. The Morgan fingerprint density at radius 2 is 0.970 bits per heavy atom. The molecular formula is C26H18N4O2S. The van der Waals surface area contributed by atoms with Crippen LogP contribution in [0.2, 0.25) is 0 Å². The molecule has 6 nitrogen and oxygen atoms in total. The molecule has 0 saturated carbocycles. The number of hydrogen-bond donors (Lipinski definition) is 2. The molecule has 0 bridgehead atoms. The van der Waals surface area contributed by atoms with Gasteiger partial charge in [0, 0.05) is 11.1 Å². The van der Waals surface area contributed by atoms with Gasteiger partial charge in [0.25, 0.3) is 0 Å². The fraction of sp³-hybridized carbons (Fsp3) is 0. The second-order valence-electron chi connectivity index (χ2n) is 7.76. The Bertz CT molecular complexity index is 1600. The molecule has 7 heteroatoms. The van der Waals surface area contributed by atoms with Gasteiger partial charge in [-0.15, -0.1) is 0 Å². The molecule has 0 aliphatic rings. The third-order valence-corrected chi connectivity index (χ3v) is 7.37. The normalized spacial score (nSPS) is 11.9. The Kier molecular flexibility index (Phi) is 4.38. The lowest BCUT2D eigenvalue weighted by molar-refractivity contribution is 0.596. The Balaban J connectivity index is 1.40. The monoisotopic (exact) mass is 450 g/mol. The van der Waals surface area contributed by atoms with Crippen molar-refractivity contribution in [3.05, 3.63) is 97.1 Å². The van der Waals surface area contributed by atoms with Crippen molar-refractivity contribution >= 4 is 31.9 Å². The van der Waals surface area contributed by atoms with Crippen molar-refractivity contribution < 1.29 is 8.42 Å². The summed E-state index contributed by atoms with van der Waals surface area (Å²) >= 11 is 0. The maximum atomic E-state index is 13.4. The van der Waals surface area contributed by atoms with Crippen LogP contribution in [0.3, 0.4) is 0 Å². The minimum absolute atomic E-state index is 0.209. The van der Waals surface area contributed by atoms with E-state index in [4.69, 9.17) is 0 Å². The van der Waals surface area contributed by atoms with Gasteiger partial charge in [0.1, 0.15) is 11.6 Å². The molecule has 6 aromatic rings. The van der Waals surface area contributed by atoms with Crippen LogP contribution in [0.5, 0.6) is 0 Å². The standard InChI is InChI=1S/C26H18N4O2S/c31-33(32,19-11-13-21-23(15-19)29-25(27-21)17-7-3-1-4-8-17)20-12-14-22-24(16-20)30-26(28-22)18-9-5-2-6-10-18/h1-16H,(H,27,29)(H,28,30). The fourth-order valence-electron chi connectivity index (χ4n) is 3.91. The molecule has 6 rings (SSSR count). The molecule has 4 aromatic carbocycles. The summed E-state index contributed by atoms with van der Waals surface area (Å²) in [5.74, 6) is 1.40. The Labute approximate surface area is 189 Å². The number of aromatic amines is 2. The van der Waals surface area contributed by atoms with Crippen LogP contribution in [0.15, 0.2) is 107 Å². The van der Waals surface area contributed by atoms with Gasteiger partial charge in [-0.25, -0.2) is 18.4 Å². The molecule has 0 radical (unpaired) electrons. The molecule has 0 spiro atoms. The quantitative estimate of drug-likeness (QED) is 0.365. The molecule has 2 aromatic heterocycles. The highest BCUT2D eigenvalue weighted by Crippen LogP contribution is 2.28. The summed E-state index contributed by atoms with van der Waals surface area (Å²) in [4.78, 5) is 16.1. The first kappa shape index (κ1) is 19.5. The summed E-state index contributed by atoms with van der Waals surface area (Å²) in [6.45, 7) is 0. The van der Waals surface area contributed by atoms with Crippen molar-refractivity contribution in [2.24, 2.45) is 0 Å². The van der Waals surface area contributed by atoms with Crippen LogP contribution >= 0.6 is 0 Å². The van der Waals surface area contributed by atoms with Crippen LogP contribution in [-0.2, 0) is 9.84 Å². The molecule has 0 unspecified atom stereocenters. The SMILES string of the molecule is O=S(=O)(c1ccc2nc(-c3ccccc3)[nH]c2c1)c1ccc2nc(-c3ccccc3)[nH]c2c1. The number of hydrogen-bond acceptors (Lipinski definition) is 4. The number of rotatable bonds is 4. The van der Waals surface area contributed by atoms with Gasteiger partial charge < -0.3 is 9.97 Å². The van der Waals surface area contributed by atoms with Gasteiger partial charge in [0.05, 0.1) is 31.9 Å². The van der Waals surface area contributed by atoms with Crippen LogP contribution in [0.4, 0.5) is 0 Å². The van der Waals surface area contributed by atoms with E-state index in [-0.39, 0.29) is 9.79 Å². The van der Waals surface area contributed by atoms with Crippen LogP contribution < -0.4 is 0 Å². The Morgan fingerprint density at radius 3 is 1.39 bits per heavy atom. The number of fused-ring (bicyclic) bond motifs is 2. The van der Waals surface area contributed by atoms with Gasteiger partial charge >= 0.3 is 0 Å². The van der Waals surface area contributed by atoms with Gasteiger partial charge in [-0.3, -0.25) is 0 Å². The number of H-pyrrole nitrogens is 2. The van der Waals surface area contributed by atoms with E-state index in [1.165, 1.54) is 0 Å². The van der Waals surface area contributed by atoms with E-state index in [0.29, 0.717) is 33.7 Å². The van der Waals surface area contributed by atoms with E-state index in [1.54, 1.807) is 36.4 Å². The predicted molar refractivity (Wildman–Crippen MR) is 129 cm³/mol. The van der Waals surface area contributed by atoms with Gasteiger partial charge in [0.15, 0.2) is 0 Å². The third-order valence-electron chi connectivity index (χ3n) is 5.62. The van der Waals surface area contributed by atoms with E-state index in [2.05, 4.69) is 19.9 Å². The Morgan fingerprint density at radius 1 is 0.545 bits per heavy atom. The smallest absolute Gasteiger partial charge is 0.206 e. The van der Waals surface area contributed by atoms with E-state index < -0.39 is 9.84 Å². The van der Waals surface area contributed by atoms with E-state index >= 15 is 0 Å². The first-order valence-corrected chi connectivity index (χ1v) is 11.9. The van der Waals surface area contributed by atoms with E-state index in [9.17, 15) is 8.42 Å². The van der Waals surface area contributed by atoms with Gasteiger partial charge in [-0.1, -0.05) is 60.7 Å². The number of benzene rings is 4. The highest BCUT2D eigenvalue weighted by Gasteiger charge is 2.20. The Hall–Kier alpha value is -4.23. The summed E-state index contributed by atoms with van der Waals surface area (Å²) in [5.41, 5.74) is 4.65. The predicted octanol–water partition coefficient (Wildman–Crippen LogP) is 5.61. The van der Waals surface area contributed by atoms with E-state index in [1.807, 2.05) is 60.7 Å². The van der Waals surface area contributed by atoms with Crippen molar-refractivity contribution in [3.63, 3.8) is 0 Å². The molecule has 0 aliphatic carbocycles. The summed E-state index contributed by atoms with van der Waals surface area (Å²) in [6.07, 6.45) is 0. The van der Waals surface area contributed by atoms with Crippen molar-refractivity contribution in [1.29, 1.82) is 0 Å². The lowest BCUT2D eigenvalue weighted by Gasteiger charge is -2.04. The van der Waals surface area contributed by atoms with Crippen LogP contribution in [0, 0.1) is 0 Å². The zero-order chi connectivity index (χ0) is 22.4. The van der Waals surface area contributed by atoms with Crippen molar-refractivity contribution in [2.75, 3.05) is 0 Å². The maximum absolute atomic E-state index is 13.4. The zero-order valence-electron chi connectivity index (χ0n) is 17.4.